The molecule has 2 nitrogen and oxygen atoms in total. The molecule has 0 heterocycles. The number of benzene rings is 6. The predicted octanol–water partition coefficient (Wildman–Crippen LogP) is 11.7. The van der Waals surface area contributed by atoms with E-state index >= 15 is 0 Å². The average molecular weight is 918 g/mol. The van der Waals surface area contributed by atoms with Crippen LogP contribution in [0, 0.1) is 0 Å². The minimum Gasteiger partial charge on any atom is -0.350 e. The SMILES string of the molecule is CC(C)c1ccc([Si](N[Si](C)(C)[Si](C)(C)N[Si](c2ccc(C(C)C)cc2)(c2ccc(C(C)C)cc2)c2ccc(C(C)C)cc2)(c2ccc(C(C)C)cc2)c2ccc(C(C)C)cc2)cc1. The summed E-state index contributed by atoms with van der Waals surface area (Å²) < 4.78 is 9.78. The van der Waals surface area contributed by atoms with Crippen LogP contribution in [-0.4, -0.2) is 32.0 Å². The van der Waals surface area contributed by atoms with Crippen LogP contribution in [0.25, 0.3) is 0 Å². The molecule has 0 amide bonds. The molecule has 0 atom stereocenters. The first-order chi connectivity index (χ1) is 30.1. The third-order valence-electron chi connectivity index (χ3n) is 14.6. The summed E-state index contributed by atoms with van der Waals surface area (Å²) in [5.41, 5.74) is 8.31. The van der Waals surface area contributed by atoms with Crippen molar-refractivity contribution >= 4 is 63.1 Å². The zero-order chi connectivity index (χ0) is 46.8. The quantitative estimate of drug-likeness (QED) is 0.0704. The van der Waals surface area contributed by atoms with Crippen molar-refractivity contribution < 1.29 is 0 Å². The predicted molar refractivity (Wildman–Crippen MR) is 294 cm³/mol. The summed E-state index contributed by atoms with van der Waals surface area (Å²) >= 11 is 0. The summed E-state index contributed by atoms with van der Waals surface area (Å²) in [6, 6.07) is 58.7. The van der Waals surface area contributed by atoms with E-state index in [9.17, 15) is 0 Å². The van der Waals surface area contributed by atoms with Gasteiger partial charge >= 0.3 is 0 Å². The summed E-state index contributed by atoms with van der Waals surface area (Å²) in [5, 5.41) is 8.57. The number of hydrogen-bond donors (Lipinski definition) is 2. The molecule has 6 heteroatoms. The van der Waals surface area contributed by atoms with E-state index in [-0.39, 0.29) is 0 Å². The van der Waals surface area contributed by atoms with Crippen LogP contribution >= 0.6 is 0 Å². The molecule has 6 rings (SSSR count). The van der Waals surface area contributed by atoms with Crippen molar-refractivity contribution in [1.82, 2.24) is 9.30 Å². The molecule has 338 valence electrons. The number of nitrogens with one attached hydrogen (secondary N) is 2. The fourth-order valence-corrected chi connectivity index (χ4v) is 37.9. The number of rotatable bonds is 17. The van der Waals surface area contributed by atoms with Crippen molar-refractivity contribution in [3.8, 4) is 0 Å². The Bertz CT molecular complexity index is 1980. The van der Waals surface area contributed by atoms with Gasteiger partial charge in [0.1, 0.15) is 15.5 Å². The molecule has 0 saturated carbocycles. The maximum Gasteiger partial charge on any atom is 0.215 e. The highest BCUT2D eigenvalue weighted by atomic mass is 29.3. The molecule has 0 spiro atoms. The van der Waals surface area contributed by atoms with Gasteiger partial charge in [0.2, 0.25) is 16.5 Å². The van der Waals surface area contributed by atoms with Crippen molar-refractivity contribution in [3.63, 3.8) is 0 Å². The van der Waals surface area contributed by atoms with Crippen LogP contribution in [0.15, 0.2) is 146 Å². The molecule has 2 N–H and O–H groups in total. The Balaban J connectivity index is 1.63. The molecule has 0 fully saturated rings. The first-order valence-electron chi connectivity index (χ1n) is 24.3. The Morgan fingerprint density at radius 2 is 0.359 bits per heavy atom. The topological polar surface area (TPSA) is 24.1 Å². The molecular weight excluding hydrogens is 837 g/mol. The Labute approximate surface area is 393 Å². The van der Waals surface area contributed by atoms with Gasteiger partial charge in [-0.1, -0.05) is 255 Å². The molecule has 0 aliphatic heterocycles. The zero-order valence-electron chi connectivity index (χ0n) is 42.3. The summed E-state index contributed by atoms with van der Waals surface area (Å²) in [5.74, 6) is 2.79. The van der Waals surface area contributed by atoms with Gasteiger partial charge in [-0.2, -0.15) is 0 Å². The monoisotopic (exact) mass is 917 g/mol. The van der Waals surface area contributed by atoms with E-state index in [1.807, 2.05) is 0 Å². The van der Waals surface area contributed by atoms with E-state index in [0.717, 1.165) is 0 Å². The molecule has 0 aliphatic carbocycles. The van der Waals surface area contributed by atoms with Gasteiger partial charge in [-0.3, -0.25) is 0 Å². The normalized spacial score (nSPS) is 13.0. The molecule has 6 aromatic carbocycles. The van der Waals surface area contributed by atoms with Crippen LogP contribution in [0.4, 0.5) is 0 Å². The molecule has 0 radical (unpaired) electrons. The van der Waals surface area contributed by atoms with Crippen molar-refractivity contribution in [3.05, 3.63) is 179 Å². The molecule has 64 heavy (non-hydrogen) atoms. The smallest absolute Gasteiger partial charge is 0.215 e. The van der Waals surface area contributed by atoms with Gasteiger partial charge in [-0.15, -0.1) is 0 Å². The summed E-state index contributed by atoms with van der Waals surface area (Å²) in [7, 11) is -10.7. The third-order valence-corrected chi connectivity index (χ3v) is 44.6. The van der Waals surface area contributed by atoms with Gasteiger partial charge in [0, 0.05) is 0 Å². The van der Waals surface area contributed by atoms with E-state index in [0.29, 0.717) is 35.5 Å². The second kappa shape index (κ2) is 19.9. The molecule has 0 saturated heterocycles. The van der Waals surface area contributed by atoms with Gasteiger partial charge in [0.05, 0.1) is 0 Å². The lowest BCUT2D eigenvalue weighted by Crippen LogP contribution is -2.91. The highest BCUT2D eigenvalue weighted by Gasteiger charge is 2.55. The van der Waals surface area contributed by atoms with Gasteiger partial charge < -0.3 is 9.30 Å². The average Bonchev–Trinajstić information content (AvgIpc) is 3.27. The summed E-state index contributed by atoms with van der Waals surface area (Å²) in [6.07, 6.45) is 0. The van der Waals surface area contributed by atoms with Crippen LogP contribution in [0.2, 0.25) is 26.2 Å². The van der Waals surface area contributed by atoms with Crippen LogP contribution in [0.5, 0.6) is 0 Å². The summed E-state index contributed by atoms with van der Waals surface area (Å²) in [4.78, 5) is 0. The van der Waals surface area contributed by atoms with Crippen LogP contribution in [0.1, 0.15) is 152 Å². The van der Waals surface area contributed by atoms with Crippen molar-refractivity contribution in [2.45, 2.75) is 145 Å². The fraction of sp³-hybridized carbons (Fsp3) is 0.379. The van der Waals surface area contributed by atoms with Crippen molar-refractivity contribution in [2.75, 3.05) is 0 Å². The molecule has 0 unspecified atom stereocenters. The Morgan fingerprint density at radius 1 is 0.234 bits per heavy atom. The van der Waals surface area contributed by atoms with Gasteiger partial charge in [-0.05, 0) is 100 Å². The van der Waals surface area contributed by atoms with E-state index in [4.69, 9.17) is 9.30 Å². The minimum absolute atomic E-state index is 0.465. The highest BCUT2D eigenvalue weighted by molar-refractivity contribution is 7.44. The lowest BCUT2D eigenvalue weighted by Gasteiger charge is -2.51. The van der Waals surface area contributed by atoms with Crippen molar-refractivity contribution in [2.24, 2.45) is 0 Å². The second-order valence-corrected chi connectivity index (χ2v) is 44.1. The first kappa shape index (κ1) is 49.5. The van der Waals surface area contributed by atoms with E-state index in [2.05, 4.69) is 255 Å². The van der Waals surface area contributed by atoms with Crippen LogP contribution < -0.4 is 40.4 Å². The second-order valence-electron chi connectivity index (χ2n) is 21.7. The minimum atomic E-state index is -2.89. The Morgan fingerprint density at radius 3 is 0.469 bits per heavy atom. The molecule has 0 aromatic heterocycles. The maximum atomic E-state index is 4.89. The van der Waals surface area contributed by atoms with Gasteiger partial charge in [0.25, 0.3) is 0 Å². The van der Waals surface area contributed by atoms with E-state index in [1.165, 1.54) is 64.5 Å². The third kappa shape index (κ3) is 10.1. The molecule has 0 bridgehead atoms. The zero-order valence-corrected chi connectivity index (χ0v) is 46.3. The lowest BCUT2D eigenvalue weighted by atomic mass is 10.0. The molecule has 6 aromatic rings. The molecule has 0 aliphatic rings. The van der Waals surface area contributed by atoms with Crippen molar-refractivity contribution in [1.29, 1.82) is 0 Å². The largest absolute Gasteiger partial charge is 0.350 e. The highest BCUT2D eigenvalue weighted by Crippen LogP contribution is 2.25. The Hall–Kier alpha value is -3.89. The fourth-order valence-electron chi connectivity index (χ4n) is 9.39. The van der Waals surface area contributed by atoms with Crippen LogP contribution in [0.3, 0.4) is 0 Å². The first-order valence-corrected chi connectivity index (χ1v) is 35.3. The Kier molecular flexibility index (Phi) is 15.4. The standard InChI is InChI=1S/C58H80N2Si4/c1-41(2)47-17-29-53(30-18-47)63(54-31-19-48(20-32-54)42(3)4,55-33-21-49(22-34-55)43(5)6)59-61(13,14)62(15,16)60-64(56-35-23-50(24-36-56)44(7)8,57-37-25-51(26-38-57)45(9)10)58-39-27-52(28-40-58)46(11)12/h17-46,59-60H,1-16H3. The van der Waals surface area contributed by atoms with Gasteiger partial charge in [-0.25, -0.2) is 0 Å². The lowest BCUT2D eigenvalue weighted by molar-refractivity contribution is 0.866. The van der Waals surface area contributed by atoms with E-state index < -0.39 is 32.0 Å². The maximum absolute atomic E-state index is 4.89. The molecular formula is C58H80N2Si4. The summed E-state index contributed by atoms with van der Waals surface area (Å²) in [6.45, 7) is 38.3. The van der Waals surface area contributed by atoms with Crippen LogP contribution in [-0.2, 0) is 0 Å². The van der Waals surface area contributed by atoms with Gasteiger partial charge in [0.15, 0.2) is 0 Å². The van der Waals surface area contributed by atoms with E-state index in [1.54, 1.807) is 0 Å². The number of hydrogen-bond acceptors (Lipinski definition) is 2.